The lowest BCUT2D eigenvalue weighted by Crippen LogP contribution is -2.44. The third-order valence-corrected chi connectivity index (χ3v) is 4.88. The number of anilines is 1. The van der Waals surface area contributed by atoms with Gasteiger partial charge in [0.2, 0.25) is 5.91 Å². The van der Waals surface area contributed by atoms with Crippen LogP contribution in [0.4, 0.5) is 5.69 Å². The number of hydrogen-bond donors (Lipinski definition) is 1. The highest BCUT2D eigenvalue weighted by atomic mass is 16.5. The van der Waals surface area contributed by atoms with Gasteiger partial charge in [-0.1, -0.05) is 43.3 Å². The Labute approximate surface area is 172 Å². The van der Waals surface area contributed by atoms with Crippen LogP contribution in [0.1, 0.15) is 28.4 Å². The first-order valence-electron chi connectivity index (χ1n) is 9.74. The van der Waals surface area contributed by atoms with Crippen LogP contribution in [0.3, 0.4) is 0 Å². The molecule has 0 aromatic heterocycles. The summed E-state index contributed by atoms with van der Waals surface area (Å²) in [5.74, 6) is -0.565. The topological polar surface area (TPSA) is 67.9 Å². The van der Waals surface area contributed by atoms with Gasteiger partial charge in [-0.3, -0.25) is 9.69 Å². The van der Waals surface area contributed by atoms with Gasteiger partial charge in [-0.05, 0) is 43.1 Å². The number of ether oxygens (including phenoxy) is 2. The third-order valence-electron chi connectivity index (χ3n) is 4.88. The fourth-order valence-electron chi connectivity index (χ4n) is 3.25. The van der Waals surface area contributed by atoms with Crippen LogP contribution in [0.2, 0.25) is 0 Å². The zero-order valence-corrected chi connectivity index (χ0v) is 17.6. The van der Waals surface area contributed by atoms with Gasteiger partial charge in [0.25, 0.3) is 0 Å². The number of nitrogens with zero attached hydrogens (tertiary/aromatic N) is 1. The van der Waals surface area contributed by atoms with Crippen molar-refractivity contribution in [3.8, 4) is 0 Å². The molecule has 0 heterocycles. The molecule has 0 aliphatic carbocycles. The highest BCUT2D eigenvalue weighted by molar-refractivity contribution is 5.96. The maximum absolute atomic E-state index is 12.7. The van der Waals surface area contributed by atoms with E-state index in [1.54, 1.807) is 25.3 Å². The Balaban J connectivity index is 2.08. The minimum absolute atomic E-state index is 0.0839. The molecule has 0 saturated carbocycles. The van der Waals surface area contributed by atoms with Crippen molar-refractivity contribution in [1.29, 1.82) is 0 Å². The maximum atomic E-state index is 12.7. The summed E-state index contributed by atoms with van der Waals surface area (Å²) in [4.78, 5) is 26.6. The van der Waals surface area contributed by atoms with Crippen molar-refractivity contribution in [2.24, 2.45) is 0 Å². The lowest BCUT2D eigenvalue weighted by molar-refractivity contribution is -0.118. The molecule has 2 aromatic rings. The second-order valence-electron chi connectivity index (χ2n) is 6.93. The number of rotatable bonds is 10. The van der Waals surface area contributed by atoms with E-state index < -0.39 is 5.97 Å². The maximum Gasteiger partial charge on any atom is 0.337 e. The number of carbonyl (C=O) groups excluding carboxylic acids is 2. The molecule has 1 amide bonds. The van der Waals surface area contributed by atoms with Crippen LogP contribution in [0, 0.1) is 6.92 Å². The average molecular weight is 399 g/mol. The molecule has 6 nitrogen and oxygen atoms in total. The van der Waals surface area contributed by atoms with E-state index in [1.807, 2.05) is 32.0 Å². The largest absolute Gasteiger partial charge is 0.465 e. The van der Waals surface area contributed by atoms with Crippen molar-refractivity contribution in [3.63, 3.8) is 0 Å². The first-order chi connectivity index (χ1) is 14.0. The van der Waals surface area contributed by atoms with Gasteiger partial charge in [-0.2, -0.15) is 0 Å². The first-order valence-corrected chi connectivity index (χ1v) is 9.74. The fourth-order valence-corrected chi connectivity index (χ4v) is 3.25. The molecule has 0 aliphatic rings. The second-order valence-corrected chi connectivity index (χ2v) is 6.93. The molecule has 0 unspecified atom stereocenters. The minimum Gasteiger partial charge on any atom is -0.465 e. The van der Waals surface area contributed by atoms with Gasteiger partial charge in [-0.15, -0.1) is 0 Å². The molecule has 0 aliphatic heterocycles. The summed E-state index contributed by atoms with van der Waals surface area (Å²) in [5.41, 5.74) is 3.10. The molecule has 0 bridgehead atoms. The Morgan fingerprint density at radius 3 is 2.45 bits per heavy atom. The van der Waals surface area contributed by atoms with Crippen molar-refractivity contribution in [3.05, 3.63) is 65.2 Å². The number of aryl methyl sites for hydroxylation is 1. The van der Waals surface area contributed by atoms with Gasteiger partial charge in [0, 0.05) is 18.8 Å². The molecule has 1 N–H and O–H groups in total. The Morgan fingerprint density at radius 2 is 1.83 bits per heavy atom. The summed E-state index contributed by atoms with van der Waals surface area (Å²) in [5, 5.41) is 2.93. The monoisotopic (exact) mass is 398 g/mol. The number of amides is 1. The lowest BCUT2D eigenvalue weighted by atomic mass is 10.0. The zero-order chi connectivity index (χ0) is 21.2. The lowest BCUT2D eigenvalue weighted by Gasteiger charge is -2.30. The molecule has 0 radical (unpaired) electrons. The normalized spacial score (nSPS) is 11.9. The molecular weight excluding hydrogens is 368 g/mol. The Hall–Kier alpha value is -2.70. The summed E-state index contributed by atoms with van der Waals surface area (Å²) in [6, 6.07) is 15.4. The average Bonchev–Trinajstić information content (AvgIpc) is 2.73. The quantitative estimate of drug-likeness (QED) is 0.622. The van der Waals surface area contributed by atoms with Crippen LogP contribution in [0.5, 0.6) is 0 Å². The van der Waals surface area contributed by atoms with Gasteiger partial charge < -0.3 is 14.8 Å². The molecular formula is C23H30N2O4. The van der Waals surface area contributed by atoms with Crippen molar-refractivity contribution in [2.45, 2.75) is 26.3 Å². The molecule has 29 heavy (non-hydrogen) atoms. The number of hydrogen-bond acceptors (Lipinski definition) is 5. The van der Waals surface area contributed by atoms with Crippen LogP contribution in [-0.2, 0) is 20.7 Å². The minimum atomic E-state index is -0.432. The summed E-state index contributed by atoms with van der Waals surface area (Å²) in [6.07, 6.45) is 0.798. The Kier molecular flexibility index (Phi) is 8.83. The van der Waals surface area contributed by atoms with Crippen molar-refractivity contribution >= 4 is 17.6 Å². The van der Waals surface area contributed by atoms with Crippen molar-refractivity contribution in [1.82, 2.24) is 4.90 Å². The van der Waals surface area contributed by atoms with Gasteiger partial charge in [-0.25, -0.2) is 4.79 Å². The van der Waals surface area contributed by atoms with E-state index in [4.69, 9.17) is 9.47 Å². The van der Waals surface area contributed by atoms with E-state index >= 15 is 0 Å². The second kappa shape index (κ2) is 11.3. The molecule has 6 heteroatoms. The predicted octanol–water partition coefficient (Wildman–Crippen LogP) is 3.30. The van der Waals surface area contributed by atoms with Crippen LogP contribution in [0.15, 0.2) is 48.5 Å². The number of carbonyl (C=O) groups is 2. The SMILES string of the molecule is CCN(CC(=O)Nc1cc(C(=O)OC)ccc1C)[C@H](COC)Cc1ccccc1. The number of nitrogens with one attached hydrogen (secondary N) is 1. The number of esters is 1. The van der Waals surface area contributed by atoms with E-state index in [2.05, 4.69) is 22.3 Å². The fraction of sp³-hybridized carbons (Fsp3) is 0.391. The number of likely N-dealkylation sites (N-methyl/N-ethyl adjacent to an activating group) is 1. The smallest absolute Gasteiger partial charge is 0.337 e. The summed E-state index contributed by atoms with van der Waals surface area (Å²) >= 11 is 0. The van der Waals surface area contributed by atoms with Gasteiger partial charge in [0.1, 0.15) is 0 Å². The predicted molar refractivity (Wildman–Crippen MR) is 114 cm³/mol. The number of methoxy groups -OCH3 is 2. The zero-order valence-electron chi connectivity index (χ0n) is 17.6. The molecule has 156 valence electrons. The number of benzene rings is 2. The van der Waals surface area contributed by atoms with E-state index in [-0.39, 0.29) is 18.5 Å². The summed E-state index contributed by atoms with van der Waals surface area (Å²) in [6.45, 7) is 5.41. The van der Waals surface area contributed by atoms with Crippen molar-refractivity contribution < 1.29 is 19.1 Å². The molecule has 1 atom stereocenters. The first kappa shape index (κ1) is 22.6. The van der Waals surface area contributed by atoms with E-state index in [0.717, 1.165) is 18.5 Å². The standard InChI is InChI=1S/C23H30N2O4/c1-5-25(20(16-28-3)13-18-9-7-6-8-10-18)15-22(26)24-21-14-19(23(27)29-4)12-11-17(21)2/h6-12,14,20H,5,13,15-16H2,1-4H3,(H,24,26)/t20-/m0/s1. The van der Waals surface area contributed by atoms with Crippen LogP contribution < -0.4 is 5.32 Å². The van der Waals surface area contributed by atoms with Crippen LogP contribution in [0.25, 0.3) is 0 Å². The Bertz CT molecular complexity index is 808. The third kappa shape index (κ3) is 6.69. The molecule has 2 aromatic carbocycles. The van der Waals surface area contributed by atoms with Crippen LogP contribution in [-0.4, -0.2) is 56.7 Å². The highest BCUT2D eigenvalue weighted by Gasteiger charge is 2.21. The van der Waals surface area contributed by atoms with Gasteiger partial charge in [0.15, 0.2) is 0 Å². The van der Waals surface area contributed by atoms with E-state index in [9.17, 15) is 9.59 Å². The summed E-state index contributed by atoms with van der Waals surface area (Å²) in [7, 11) is 3.01. The molecule has 0 fully saturated rings. The molecule has 0 saturated heterocycles. The van der Waals surface area contributed by atoms with Gasteiger partial charge in [0.05, 0.1) is 25.8 Å². The summed E-state index contributed by atoms with van der Waals surface area (Å²) < 4.78 is 10.2. The van der Waals surface area contributed by atoms with E-state index in [0.29, 0.717) is 17.9 Å². The Morgan fingerprint density at radius 1 is 1.10 bits per heavy atom. The highest BCUT2D eigenvalue weighted by Crippen LogP contribution is 2.18. The van der Waals surface area contributed by atoms with Crippen LogP contribution >= 0.6 is 0 Å². The van der Waals surface area contributed by atoms with Crippen molar-refractivity contribution in [2.75, 3.05) is 39.2 Å². The molecule has 2 rings (SSSR count). The van der Waals surface area contributed by atoms with Gasteiger partial charge >= 0.3 is 5.97 Å². The molecule has 0 spiro atoms. The van der Waals surface area contributed by atoms with E-state index in [1.165, 1.54) is 12.7 Å².